The third kappa shape index (κ3) is 3.04. The summed E-state index contributed by atoms with van der Waals surface area (Å²) in [7, 11) is 0. The van der Waals surface area contributed by atoms with Gasteiger partial charge in [-0.15, -0.1) is 0 Å². The monoisotopic (exact) mass is 242 g/mol. The highest BCUT2D eigenvalue weighted by atomic mass is 16.1. The molecular formula is C13H14N4O. The number of nitrogens with two attached hydrogens (primary N) is 1. The van der Waals surface area contributed by atoms with Crippen molar-refractivity contribution in [3.05, 3.63) is 53.5 Å². The molecule has 0 aliphatic carbocycles. The Hall–Kier alpha value is -2.43. The fourth-order valence-corrected chi connectivity index (χ4v) is 1.56. The Balaban J connectivity index is 2.00. The lowest BCUT2D eigenvalue weighted by Gasteiger charge is -2.05. The van der Waals surface area contributed by atoms with E-state index in [-0.39, 0.29) is 5.91 Å². The second-order valence-electron chi connectivity index (χ2n) is 3.92. The number of nitrogen functional groups attached to an aromatic ring is 1. The first-order chi connectivity index (χ1) is 8.65. The second-order valence-corrected chi connectivity index (χ2v) is 3.92. The van der Waals surface area contributed by atoms with Gasteiger partial charge in [-0.3, -0.25) is 9.78 Å². The van der Waals surface area contributed by atoms with Crippen LogP contribution in [0.2, 0.25) is 0 Å². The van der Waals surface area contributed by atoms with Crippen LogP contribution in [-0.2, 0) is 6.54 Å². The van der Waals surface area contributed by atoms with E-state index in [9.17, 15) is 4.79 Å². The van der Waals surface area contributed by atoms with Crippen molar-refractivity contribution in [1.29, 1.82) is 0 Å². The van der Waals surface area contributed by atoms with Gasteiger partial charge in [0.2, 0.25) is 0 Å². The van der Waals surface area contributed by atoms with Gasteiger partial charge in [-0.05, 0) is 31.2 Å². The first-order valence-corrected chi connectivity index (χ1v) is 5.57. The van der Waals surface area contributed by atoms with E-state index < -0.39 is 0 Å². The molecule has 5 heteroatoms. The van der Waals surface area contributed by atoms with Crippen molar-refractivity contribution in [2.75, 3.05) is 5.73 Å². The summed E-state index contributed by atoms with van der Waals surface area (Å²) in [5, 5.41) is 2.78. The molecule has 0 aliphatic heterocycles. The Bertz CT molecular complexity index is 568. The number of anilines is 1. The molecule has 2 aromatic rings. The van der Waals surface area contributed by atoms with Crippen molar-refractivity contribution < 1.29 is 4.79 Å². The van der Waals surface area contributed by atoms with E-state index in [0.29, 0.717) is 17.9 Å². The van der Waals surface area contributed by atoms with Gasteiger partial charge in [-0.1, -0.05) is 6.07 Å². The molecule has 0 saturated carbocycles. The predicted molar refractivity (Wildman–Crippen MR) is 68.8 cm³/mol. The highest BCUT2D eigenvalue weighted by Crippen LogP contribution is 2.03. The average molecular weight is 242 g/mol. The Morgan fingerprint density at radius 2 is 2.22 bits per heavy atom. The molecule has 0 aliphatic rings. The number of aryl methyl sites for hydroxylation is 1. The van der Waals surface area contributed by atoms with Crippen LogP contribution in [0.25, 0.3) is 0 Å². The number of aromatic nitrogens is 2. The van der Waals surface area contributed by atoms with Gasteiger partial charge in [0.25, 0.3) is 5.91 Å². The largest absolute Gasteiger partial charge is 0.384 e. The number of amides is 1. The first-order valence-electron chi connectivity index (χ1n) is 5.57. The predicted octanol–water partition coefficient (Wildman–Crippen LogP) is 1.30. The molecule has 0 bridgehead atoms. The number of pyridine rings is 2. The molecule has 92 valence electrons. The molecule has 0 aromatic carbocycles. The summed E-state index contributed by atoms with van der Waals surface area (Å²) in [5.74, 6) is 0.142. The van der Waals surface area contributed by atoms with Gasteiger partial charge in [0.05, 0.1) is 12.2 Å². The molecule has 2 heterocycles. The van der Waals surface area contributed by atoms with Crippen LogP contribution in [-0.4, -0.2) is 15.9 Å². The summed E-state index contributed by atoms with van der Waals surface area (Å²) in [6.45, 7) is 2.30. The Labute approximate surface area is 105 Å². The van der Waals surface area contributed by atoms with Crippen LogP contribution in [0.5, 0.6) is 0 Å². The lowest BCUT2D eigenvalue weighted by atomic mass is 10.2. The van der Waals surface area contributed by atoms with Gasteiger partial charge in [-0.2, -0.15) is 0 Å². The van der Waals surface area contributed by atoms with E-state index in [1.807, 2.05) is 25.1 Å². The quantitative estimate of drug-likeness (QED) is 0.850. The zero-order chi connectivity index (χ0) is 13.0. The summed E-state index contributed by atoms with van der Waals surface area (Å²) in [5.41, 5.74) is 7.77. The molecule has 2 aromatic heterocycles. The molecule has 0 radical (unpaired) electrons. The molecule has 0 saturated heterocycles. The normalized spacial score (nSPS) is 10.1. The molecule has 18 heavy (non-hydrogen) atoms. The molecule has 0 atom stereocenters. The van der Waals surface area contributed by atoms with Crippen molar-refractivity contribution in [3.63, 3.8) is 0 Å². The standard InChI is InChI=1S/C13H14N4O/c1-9-3-2-4-11(17-9)8-16-13(18)10-5-6-15-12(14)7-10/h2-7H,8H2,1H3,(H2,14,15)(H,16,18). The summed E-state index contributed by atoms with van der Waals surface area (Å²) < 4.78 is 0. The fraction of sp³-hybridized carbons (Fsp3) is 0.154. The van der Waals surface area contributed by atoms with Gasteiger partial charge in [0.1, 0.15) is 5.82 Å². The molecule has 1 amide bonds. The van der Waals surface area contributed by atoms with E-state index >= 15 is 0 Å². The van der Waals surface area contributed by atoms with Crippen LogP contribution in [0.1, 0.15) is 21.7 Å². The number of hydrogen-bond donors (Lipinski definition) is 2. The van der Waals surface area contributed by atoms with E-state index in [1.165, 1.54) is 6.20 Å². The topological polar surface area (TPSA) is 80.9 Å². The first kappa shape index (κ1) is 12.0. The Morgan fingerprint density at radius 3 is 2.94 bits per heavy atom. The summed E-state index contributed by atoms with van der Waals surface area (Å²) in [6, 6.07) is 8.85. The second kappa shape index (κ2) is 5.27. The number of hydrogen-bond acceptors (Lipinski definition) is 4. The highest BCUT2D eigenvalue weighted by Gasteiger charge is 2.06. The minimum Gasteiger partial charge on any atom is -0.384 e. The zero-order valence-corrected chi connectivity index (χ0v) is 10.1. The van der Waals surface area contributed by atoms with Crippen LogP contribution >= 0.6 is 0 Å². The van der Waals surface area contributed by atoms with Gasteiger partial charge >= 0.3 is 0 Å². The molecule has 3 N–H and O–H groups in total. The number of nitrogens with zero attached hydrogens (tertiary/aromatic N) is 2. The third-order valence-corrected chi connectivity index (χ3v) is 2.42. The van der Waals surface area contributed by atoms with Crippen molar-refractivity contribution in [1.82, 2.24) is 15.3 Å². The fourth-order valence-electron chi connectivity index (χ4n) is 1.56. The highest BCUT2D eigenvalue weighted by molar-refractivity contribution is 5.94. The SMILES string of the molecule is Cc1cccc(CNC(=O)c2ccnc(N)c2)n1. The molecule has 2 rings (SSSR count). The molecule has 5 nitrogen and oxygen atoms in total. The van der Waals surface area contributed by atoms with E-state index in [0.717, 1.165) is 11.4 Å². The lowest BCUT2D eigenvalue weighted by Crippen LogP contribution is -2.23. The Morgan fingerprint density at radius 1 is 1.39 bits per heavy atom. The van der Waals surface area contributed by atoms with E-state index in [2.05, 4.69) is 15.3 Å². The van der Waals surface area contributed by atoms with Crippen LogP contribution in [0.4, 0.5) is 5.82 Å². The smallest absolute Gasteiger partial charge is 0.251 e. The van der Waals surface area contributed by atoms with Crippen molar-refractivity contribution >= 4 is 11.7 Å². The van der Waals surface area contributed by atoms with Gasteiger partial charge in [0.15, 0.2) is 0 Å². The third-order valence-electron chi connectivity index (χ3n) is 2.42. The number of rotatable bonds is 3. The van der Waals surface area contributed by atoms with Gasteiger partial charge < -0.3 is 11.1 Å². The molecular weight excluding hydrogens is 228 g/mol. The van der Waals surface area contributed by atoms with Crippen molar-refractivity contribution in [2.24, 2.45) is 0 Å². The number of carbonyl (C=O) groups excluding carboxylic acids is 1. The van der Waals surface area contributed by atoms with E-state index in [4.69, 9.17) is 5.73 Å². The van der Waals surface area contributed by atoms with Gasteiger partial charge in [-0.25, -0.2) is 4.98 Å². The van der Waals surface area contributed by atoms with Crippen LogP contribution in [0.15, 0.2) is 36.5 Å². The summed E-state index contributed by atoms with van der Waals surface area (Å²) in [4.78, 5) is 20.0. The maximum Gasteiger partial charge on any atom is 0.251 e. The van der Waals surface area contributed by atoms with Crippen LogP contribution in [0.3, 0.4) is 0 Å². The zero-order valence-electron chi connectivity index (χ0n) is 10.1. The Kier molecular flexibility index (Phi) is 3.52. The van der Waals surface area contributed by atoms with Crippen LogP contribution in [0, 0.1) is 6.92 Å². The van der Waals surface area contributed by atoms with Gasteiger partial charge in [0, 0.05) is 17.5 Å². The lowest BCUT2D eigenvalue weighted by molar-refractivity contribution is 0.0950. The minimum atomic E-state index is -0.188. The van der Waals surface area contributed by atoms with Crippen molar-refractivity contribution in [3.8, 4) is 0 Å². The number of carbonyl (C=O) groups is 1. The minimum absolute atomic E-state index is 0.188. The van der Waals surface area contributed by atoms with Crippen LogP contribution < -0.4 is 11.1 Å². The maximum atomic E-state index is 11.8. The molecule has 0 fully saturated rings. The van der Waals surface area contributed by atoms with Crippen molar-refractivity contribution in [2.45, 2.75) is 13.5 Å². The maximum absolute atomic E-state index is 11.8. The summed E-state index contributed by atoms with van der Waals surface area (Å²) in [6.07, 6.45) is 1.51. The average Bonchev–Trinajstić information content (AvgIpc) is 2.36. The molecule has 0 unspecified atom stereocenters. The summed E-state index contributed by atoms with van der Waals surface area (Å²) >= 11 is 0. The molecule has 0 spiro atoms. The number of nitrogens with one attached hydrogen (secondary N) is 1. The van der Waals surface area contributed by atoms with E-state index in [1.54, 1.807) is 12.1 Å².